The second-order valence-electron chi connectivity index (χ2n) is 10.8. The van der Waals surface area contributed by atoms with Crippen LogP contribution in [0.3, 0.4) is 0 Å². The first-order valence-electron chi connectivity index (χ1n) is 14.5. The van der Waals surface area contributed by atoms with Gasteiger partial charge in [0.05, 0.1) is 18.8 Å². The van der Waals surface area contributed by atoms with E-state index in [1.807, 2.05) is 6.92 Å². The Morgan fingerprint density at radius 3 is 2.35 bits per heavy atom. The van der Waals surface area contributed by atoms with E-state index in [-0.39, 0.29) is 19.4 Å². The fourth-order valence-electron chi connectivity index (χ4n) is 4.84. The van der Waals surface area contributed by atoms with Crippen molar-refractivity contribution in [2.75, 3.05) is 13.1 Å². The van der Waals surface area contributed by atoms with Crippen molar-refractivity contribution in [3.8, 4) is 0 Å². The molecule has 0 aliphatic carbocycles. The Bertz CT molecular complexity index is 1110. The van der Waals surface area contributed by atoms with Gasteiger partial charge in [-0.1, -0.05) is 20.3 Å². The monoisotopic (exact) mass is 608 g/mol. The zero-order valence-electron chi connectivity index (χ0n) is 24.6. The summed E-state index contributed by atoms with van der Waals surface area (Å²) in [4.78, 5) is 83.9. The van der Waals surface area contributed by atoms with Crippen LogP contribution in [0.15, 0.2) is 12.5 Å². The highest BCUT2D eigenvalue weighted by Crippen LogP contribution is 2.20. The number of carboxylic acid groups (broad SMARTS) is 2. The summed E-state index contributed by atoms with van der Waals surface area (Å²) in [6.45, 7) is 4.13. The summed E-state index contributed by atoms with van der Waals surface area (Å²) in [6.07, 6.45) is 4.73. The molecule has 0 unspecified atom stereocenters. The van der Waals surface area contributed by atoms with Gasteiger partial charge in [-0.15, -0.1) is 0 Å². The Kier molecular flexibility index (Phi) is 14.0. The Morgan fingerprint density at radius 2 is 1.77 bits per heavy atom. The first-order valence-corrected chi connectivity index (χ1v) is 14.5. The minimum absolute atomic E-state index is 0.00776. The number of carbonyl (C=O) groups is 6. The predicted molar refractivity (Wildman–Crippen MR) is 153 cm³/mol. The van der Waals surface area contributed by atoms with Crippen LogP contribution in [0.5, 0.6) is 0 Å². The van der Waals surface area contributed by atoms with Crippen LogP contribution >= 0.6 is 0 Å². The van der Waals surface area contributed by atoms with Crippen LogP contribution in [0, 0.1) is 5.92 Å². The molecule has 43 heavy (non-hydrogen) atoms. The maximum Gasteiger partial charge on any atom is 0.326 e. The summed E-state index contributed by atoms with van der Waals surface area (Å²) in [5, 5.41) is 26.4. The average molecular weight is 609 g/mol. The number of likely N-dealkylation sites (tertiary alicyclic amines) is 1. The first kappa shape index (κ1) is 35.1. The lowest BCUT2D eigenvalue weighted by atomic mass is 9.96. The molecule has 1 aromatic heterocycles. The van der Waals surface area contributed by atoms with E-state index in [0.717, 1.165) is 0 Å². The lowest BCUT2D eigenvalue weighted by Crippen LogP contribution is -2.60. The number of aromatic nitrogens is 2. The zero-order valence-corrected chi connectivity index (χ0v) is 24.6. The number of amides is 4. The molecule has 0 aromatic carbocycles. The van der Waals surface area contributed by atoms with Gasteiger partial charge in [0.1, 0.15) is 24.2 Å². The summed E-state index contributed by atoms with van der Waals surface area (Å²) in [7, 11) is 0. The molecule has 1 fully saturated rings. The molecule has 16 heteroatoms. The van der Waals surface area contributed by atoms with Crippen LogP contribution in [0.25, 0.3) is 0 Å². The molecule has 0 bridgehead atoms. The van der Waals surface area contributed by atoms with Gasteiger partial charge in [0.15, 0.2) is 0 Å². The molecule has 0 saturated carbocycles. The number of nitrogens with zero attached hydrogens (tertiary/aromatic N) is 2. The van der Waals surface area contributed by atoms with E-state index in [2.05, 4.69) is 25.9 Å². The lowest BCUT2D eigenvalue weighted by Gasteiger charge is -2.30. The van der Waals surface area contributed by atoms with E-state index in [1.165, 1.54) is 17.4 Å². The molecule has 0 spiro atoms. The maximum atomic E-state index is 13.7. The topological polar surface area (TPSA) is 263 Å². The van der Waals surface area contributed by atoms with Crippen molar-refractivity contribution in [1.82, 2.24) is 30.8 Å². The van der Waals surface area contributed by atoms with Crippen molar-refractivity contribution in [3.63, 3.8) is 0 Å². The number of unbranched alkanes of at least 4 members (excludes halogenated alkanes) is 1. The van der Waals surface area contributed by atoms with Gasteiger partial charge in [-0.05, 0) is 44.6 Å². The lowest BCUT2D eigenvalue weighted by molar-refractivity contribution is -0.149. The molecule has 16 nitrogen and oxygen atoms in total. The van der Waals surface area contributed by atoms with Crippen molar-refractivity contribution in [2.24, 2.45) is 17.4 Å². The number of hydrogen-bond donors (Lipinski definition) is 8. The van der Waals surface area contributed by atoms with E-state index in [9.17, 15) is 33.9 Å². The quantitative estimate of drug-likeness (QED) is 0.0885. The number of hydrogen-bond acceptors (Lipinski definition) is 9. The normalized spacial score (nSPS) is 18.1. The third-order valence-electron chi connectivity index (χ3n) is 7.52. The summed E-state index contributed by atoms with van der Waals surface area (Å²) < 4.78 is 0. The molecule has 1 aromatic rings. The second kappa shape index (κ2) is 17.2. The number of aliphatic carboxylic acids is 2. The van der Waals surface area contributed by atoms with E-state index < -0.39 is 78.1 Å². The highest BCUT2D eigenvalue weighted by Gasteiger charge is 2.39. The molecule has 6 atom stereocenters. The van der Waals surface area contributed by atoms with E-state index >= 15 is 0 Å². The van der Waals surface area contributed by atoms with Gasteiger partial charge in [-0.3, -0.25) is 24.0 Å². The average Bonchev–Trinajstić information content (AvgIpc) is 3.66. The standard InChI is InChI=1S/C27H44N8O8/c1-3-15(2)22(34-24(39)18(7-4-5-9-28)32-23(38)17(29)12-21(36)37)25(40)33-19(11-16-13-30-14-31-16)26(41)35-10-6-8-20(35)27(42)43/h13-15,17-20,22H,3-12,28-29H2,1-2H3,(H,30,31)(H,32,38)(H,33,40)(H,34,39)(H,36,37)(H,42,43)/t15-,17-,18-,19-,20-,22-/m0/s1. The molecule has 2 rings (SSSR count). The Morgan fingerprint density at radius 1 is 1.07 bits per heavy atom. The second-order valence-corrected chi connectivity index (χ2v) is 10.8. The van der Waals surface area contributed by atoms with Gasteiger partial charge in [0.25, 0.3) is 0 Å². The number of imidazole rings is 1. The van der Waals surface area contributed by atoms with Crippen LogP contribution in [0.4, 0.5) is 0 Å². The number of H-pyrrole nitrogens is 1. The third kappa shape index (κ3) is 10.6. The zero-order chi connectivity index (χ0) is 32.1. The summed E-state index contributed by atoms with van der Waals surface area (Å²) in [6, 6.07) is -5.79. The smallest absolute Gasteiger partial charge is 0.326 e. The molecular formula is C27H44N8O8. The number of carbonyl (C=O) groups excluding carboxylic acids is 4. The number of carboxylic acids is 2. The maximum absolute atomic E-state index is 13.7. The van der Waals surface area contributed by atoms with Crippen molar-refractivity contribution >= 4 is 35.6 Å². The van der Waals surface area contributed by atoms with Crippen LogP contribution in [0.1, 0.15) is 64.5 Å². The Balaban J connectivity index is 2.26. The minimum atomic E-state index is -1.38. The fraction of sp³-hybridized carbons (Fsp3) is 0.667. The molecule has 1 aliphatic heterocycles. The minimum Gasteiger partial charge on any atom is -0.481 e. The van der Waals surface area contributed by atoms with Gasteiger partial charge >= 0.3 is 11.9 Å². The van der Waals surface area contributed by atoms with Crippen molar-refractivity contribution < 1.29 is 39.0 Å². The van der Waals surface area contributed by atoms with Gasteiger partial charge in [-0.25, -0.2) is 9.78 Å². The molecule has 2 heterocycles. The summed E-state index contributed by atoms with van der Waals surface area (Å²) in [5.41, 5.74) is 11.8. The first-order chi connectivity index (χ1) is 20.4. The molecule has 10 N–H and O–H groups in total. The number of rotatable bonds is 18. The molecule has 240 valence electrons. The summed E-state index contributed by atoms with van der Waals surface area (Å²) >= 11 is 0. The summed E-state index contributed by atoms with van der Waals surface area (Å²) in [5.74, 6) is -5.56. The number of nitrogens with two attached hydrogens (primary N) is 2. The molecule has 1 aliphatic rings. The van der Waals surface area contributed by atoms with E-state index in [1.54, 1.807) is 6.92 Å². The van der Waals surface area contributed by atoms with Gasteiger partial charge in [-0.2, -0.15) is 0 Å². The molecular weight excluding hydrogens is 564 g/mol. The van der Waals surface area contributed by atoms with Crippen LogP contribution in [-0.2, 0) is 35.2 Å². The molecule has 0 radical (unpaired) electrons. The Hall–Kier alpha value is -4.05. The SMILES string of the molecule is CC[C@H](C)[C@H](NC(=O)[C@H](CCCCN)NC(=O)[C@@H](N)CC(=O)O)C(=O)N[C@@H](Cc1cnc[nH]1)C(=O)N1CCC[C@H]1C(=O)O. The van der Waals surface area contributed by atoms with Crippen LogP contribution < -0.4 is 27.4 Å². The molecule has 4 amide bonds. The fourth-order valence-corrected chi connectivity index (χ4v) is 4.84. The van der Waals surface area contributed by atoms with Gasteiger partial charge < -0.3 is 47.5 Å². The largest absolute Gasteiger partial charge is 0.481 e. The van der Waals surface area contributed by atoms with Crippen molar-refractivity contribution in [2.45, 2.75) is 95.4 Å². The highest BCUT2D eigenvalue weighted by atomic mass is 16.4. The van der Waals surface area contributed by atoms with Crippen LogP contribution in [-0.4, -0.2) is 104 Å². The van der Waals surface area contributed by atoms with E-state index in [4.69, 9.17) is 16.6 Å². The van der Waals surface area contributed by atoms with Crippen LogP contribution in [0.2, 0.25) is 0 Å². The number of nitrogens with one attached hydrogen (secondary N) is 4. The Labute approximate surface area is 249 Å². The van der Waals surface area contributed by atoms with Gasteiger partial charge in [0.2, 0.25) is 23.6 Å². The van der Waals surface area contributed by atoms with Gasteiger partial charge in [0, 0.05) is 24.9 Å². The van der Waals surface area contributed by atoms with Crippen molar-refractivity contribution in [1.29, 1.82) is 0 Å². The predicted octanol–water partition coefficient (Wildman–Crippen LogP) is -1.54. The highest BCUT2D eigenvalue weighted by molar-refractivity contribution is 5.96. The third-order valence-corrected chi connectivity index (χ3v) is 7.52. The number of aromatic amines is 1. The van der Waals surface area contributed by atoms with Crippen molar-refractivity contribution in [3.05, 3.63) is 18.2 Å². The van der Waals surface area contributed by atoms with E-state index in [0.29, 0.717) is 44.3 Å². The molecule has 1 saturated heterocycles.